The van der Waals surface area contributed by atoms with E-state index >= 15 is 0 Å². The van der Waals surface area contributed by atoms with Crippen LogP contribution in [0.2, 0.25) is 0 Å². The molecule has 0 heterocycles. The van der Waals surface area contributed by atoms with E-state index in [-0.39, 0.29) is 0 Å². The van der Waals surface area contributed by atoms with Gasteiger partial charge in [0.2, 0.25) is 5.75 Å². The predicted octanol–water partition coefficient (Wildman–Crippen LogP) is 2.20. The highest BCUT2D eigenvalue weighted by Gasteiger charge is 2.33. The van der Waals surface area contributed by atoms with Crippen molar-refractivity contribution in [2.24, 2.45) is 0 Å². The fraction of sp³-hybridized carbons (Fsp3) is 0.143. The number of hydrogen-bond donors (Lipinski definition) is 1. The molecule has 0 spiro atoms. The molecule has 0 bridgehead atoms. The Hall–Kier alpha value is -1.99. The smallest absolute Gasteiger partial charge is 0.500 e. The molecule has 0 aromatic heterocycles. The summed E-state index contributed by atoms with van der Waals surface area (Å²) in [6.45, 7) is 0. The number of halogens is 3. The zero-order chi connectivity index (χ0) is 11.6. The zero-order valence-corrected chi connectivity index (χ0v) is 6.99. The summed E-state index contributed by atoms with van der Waals surface area (Å²) in [7, 11) is 0. The Kier molecular flexibility index (Phi) is 2.69. The molecule has 8 heteroatoms. The van der Waals surface area contributed by atoms with E-state index < -0.39 is 28.5 Å². The number of para-hydroxylation sites is 1. The van der Waals surface area contributed by atoms with E-state index in [1.807, 2.05) is 0 Å². The average molecular weight is 223 g/mol. The summed E-state index contributed by atoms with van der Waals surface area (Å²) in [5.74, 6) is -2.16. The van der Waals surface area contributed by atoms with Crippen LogP contribution in [0.1, 0.15) is 0 Å². The van der Waals surface area contributed by atoms with Crippen molar-refractivity contribution >= 4 is 5.69 Å². The van der Waals surface area contributed by atoms with Crippen molar-refractivity contribution in [3.8, 4) is 11.5 Å². The highest BCUT2D eigenvalue weighted by molar-refractivity contribution is 5.54. The van der Waals surface area contributed by atoms with Crippen LogP contribution in [0.3, 0.4) is 0 Å². The quantitative estimate of drug-likeness (QED) is 0.616. The van der Waals surface area contributed by atoms with Crippen LogP contribution in [0.15, 0.2) is 18.2 Å². The fourth-order valence-corrected chi connectivity index (χ4v) is 0.865. The van der Waals surface area contributed by atoms with Gasteiger partial charge in [-0.25, -0.2) is 0 Å². The molecule has 0 aliphatic rings. The lowest BCUT2D eigenvalue weighted by Gasteiger charge is -2.09. The zero-order valence-electron chi connectivity index (χ0n) is 6.99. The largest absolute Gasteiger partial charge is 0.573 e. The third-order valence-electron chi connectivity index (χ3n) is 1.40. The number of nitro groups is 1. The molecular formula is C7H4F3NO4. The van der Waals surface area contributed by atoms with Crippen molar-refractivity contribution in [3.63, 3.8) is 0 Å². The molecule has 1 rings (SSSR count). The maximum Gasteiger partial charge on any atom is 0.573 e. The summed E-state index contributed by atoms with van der Waals surface area (Å²) in [4.78, 5) is 9.23. The Balaban J connectivity index is 3.10. The number of phenols is 1. The first-order valence-electron chi connectivity index (χ1n) is 3.53. The number of rotatable bonds is 2. The predicted molar refractivity (Wildman–Crippen MR) is 41.4 cm³/mol. The van der Waals surface area contributed by atoms with Crippen molar-refractivity contribution in [1.82, 2.24) is 0 Å². The third-order valence-corrected chi connectivity index (χ3v) is 1.40. The molecule has 1 N–H and O–H groups in total. The van der Waals surface area contributed by atoms with Crippen LogP contribution in [-0.2, 0) is 0 Å². The van der Waals surface area contributed by atoms with E-state index in [4.69, 9.17) is 5.11 Å². The molecule has 1 aromatic rings. The highest BCUT2D eigenvalue weighted by atomic mass is 19.4. The number of hydrogen-bond acceptors (Lipinski definition) is 4. The Bertz CT molecular complexity index is 390. The number of aromatic hydroxyl groups is 1. The van der Waals surface area contributed by atoms with Gasteiger partial charge >= 0.3 is 12.0 Å². The average Bonchev–Trinajstić information content (AvgIpc) is 2.05. The molecule has 0 aliphatic carbocycles. The second-order valence-corrected chi connectivity index (χ2v) is 2.43. The molecule has 5 nitrogen and oxygen atoms in total. The molecule has 0 saturated heterocycles. The van der Waals surface area contributed by atoms with Gasteiger partial charge in [-0.3, -0.25) is 10.1 Å². The minimum Gasteiger partial charge on any atom is -0.500 e. The van der Waals surface area contributed by atoms with Crippen LogP contribution in [0.25, 0.3) is 0 Å². The van der Waals surface area contributed by atoms with Crippen LogP contribution < -0.4 is 4.74 Å². The maximum atomic E-state index is 11.8. The summed E-state index contributed by atoms with van der Waals surface area (Å²) < 4.78 is 38.6. The Morgan fingerprint density at radius 2 is 2.00 bits per heavy atom. The van der Waals surface area contributed by atoms with Gasteiger partial charge in [-0.1, -0.05) is 6.07 Å². The molecular weight excluding hydrogens is 219 g/mol. The number of phenolic OH excluding ortho intramolecular Hbond substituents is 1. The van der Waals surface area contributed by atoms with Gasteiger partial charge < -0.3 is 9.84 Å². The molecule has 0 unspecified atom stereocenters. The van der Waals surface area contributed by atoms with Crippen molar-refractivity contribution in [2.75, 3.05) is 0 Å². The first-order valence-corrected chi connectivity index (χ1v) is 3.53. The van der Waals surface area contributed by atoms with Crippen LogP contribution >= 0.6 is 0 Å². The van der Waals surface area contributed by atoms with E-state index in [2.05, 4.69) is 4.74 Å². The first-order chi connectivity index (χ1) is 6.81. The summed E-state index contributed by atoms with van der Waals surface area (Å²) in [5, 5.41) is 19.3. The molecule has 0 amide bonds. The van der Waals surface area contributed by atoms with Gasteiger partial charge in [0.05, 0.1) is 4.92 Å². The Labute approximate surface area is 80.9 Å². The second kappa shape index (κ2) is 3.64. The van der Waals surface area contributed by atoms with Crippen LogP contribution in [0.5, 0.6) is 11.5 Å². The van der Waals surface area contributed by atoms with E-state index in [0.717, 1.165) is 18.2 Å². The molecule has 0 radical (unpaired) electrons. The Morgan fingerprint density at radius 3 is 2.47 bits per heavy atom. The standard InChI is InChI=1S/C7H4F3NO4/c8-7(9,10)15-5-3-1-2-4(6(5)12)11(13)14/h1-3,12H. The number of benzene rings is 1. The fourth-order valence-electron chi connectivity index (χ4n) is 0.865. The number of alkyl halides is 3. The minimum atomic E-state index is -5.01. The first kappa shape index (κ1) is 11.1. The van der Waals surface area contributed by atoms with Gasteiger partial charge in [0, 0.05) is 6.07 Å². The van der Waals surface area contributed by atoms with Gasteiger partial charge in [-0.15, -0.1) is 13.2 Å². The SMILES string of the molecule is O=[N+]([O-])c1cccc(OC(F)(F)F)c1O. The molecule has 1 aromatic carbocycles. The monoisotopic (exact) mass is 223 g/mol. The van der Waals surface area contributed by atoms with Crippen molar-refractivity contribution in [1.29, 1.82) is 0 Å². The topological polar surface area (TPSA) is 72.6 Å². The molecule has 0 fully saturated rings. The normalized spacial score (nSPS) is 11.1. The lowest BCUT2D eigenvalue weighted by molar-refractivity contribution is -0.386. The van der Waals surface area contributed by atoms with Crippen molar-refractivity contribution in [3.05, 3.63) is 28.3 Å². The highest BCUT2D eigenvalue weighted by Crippen LogP contribution is 2.37. The van der Waals surface area contributed by atoms with E-state index in [0.29, 0.717) is 0 Å². The second-order valence-electron chi connectivity index (χ2n) is 2.43. The van der Waals surface area contributed by atoms with Gasteiger partial charge in [0.15, 0.2) is 5.75 Å². The van der Waals surface area contributed by atoms with Crippen molar-refractivity contribution in [2.45, 2.75) is 6.36 Å². The number of nitrogens with zero attached hydrogens (tertiary/aromatic N) is 1. The number of ether oxygens (including phenoxy) is 1. The third kappa shape index (κ3) is 2.73. The molecule has 15 heavy (non-hydrogen) atoms. The van der Waals surface area contributed by atoms with Gasteiger partial charge in [-0.05, 0) is 6.07 Å². The van der Waals surface area contributed by atoms with E-state index in [1.54, 1.807) is 0 Å². The van der Waals surface area contributed by atoms with Gasteiger partial charge in [0.25, 0.3) is 0 Å². The van der Waals surface area contributed by atoms with Gasteiger partial charge in [-0.2, -0.15) is 0 Å². The minimum absolute atomic E-state index is 0.774. The lowest BCUT2D eigenvalue weighted by atomic mass is 10.3. The summed E-state index contributed by atoms with van der Waals surface area (Å²) in [5.41, 5.74) is -0.850. The van der Waals surface area contributed by atoms with Crippen molar-refractivity contribution < 1.29 is 27.9 Å². The lowest BCUT2D eigenvalue weighted by Crippen LogP contribution is -2.17. The van der Waals surface area contributed by atoms with Crippen LogP contribution in [0.4, 0.5) is 18.9 Å². The summed E-state index contributed by atoms with van der Waals surface area (Å²) >= 11 is 0. The Morgan fingerprint density at radius 1 is 1.40 bits per heavy atom. The summed E-state index contributed by atoms with van der Waals surface area (Å²) in [6, 6.07) is 2.60. The molecule has 0 atom stereocenters. The molecule has 0 saturated carbocycles. The van der Waals surface area contributed by atoms with Crippen LogP contribution in [-0.4, -0.2) is 16.4 Å². The molecule has 0 aliphatic heterocycles. The van der Waals surface area contributed by atoms with E-state index in [9.17, 15) is 23.3 Å². The van der Waals surface area contributed by atoms with E-state index in [1.165, 1.54) is 0 Å². The van der Waals surface area contributed by atoms with Gasteiger partial charge in [0.1, 0.15) is 0 Å². The van der Waals surface area contributed by atoms with Crippen LogP contribution in [0, 0.1) is 10.1 Å². The summed E-state index contributed by atoms with van der Waals surface area (Å²) in [6.07, 6.45) is -5.01. The molecule has 82 valence electrons. The number of nitro benzene ring substituents is 1. The maximum absolute atomic E-state index is 11.8.